The Morgan fingerprint density at radius 2 is 2.39 bits per heavy atom. The third-order valence-electron chi connectivity index (χ3n) is 2.99. The van der Waals surface area contributed by atoms with Crippen molar-refractivity contribution in [2.24, 2.45) is 5.73 Å². The number of carbonyl (C=O) groups is 1. The second-order valence-electron chi connectivity index (χ2n) is 4.58. The molecule has 2 rings (SSSR count). The SMILES string of the molecule is C[C@H](N)c1cc(Br)ccc1OCC1CCC(=O)N1. The molecule has 0 spiro atoms. The van der Waals surface area contributed by atoms with Crippen molar-refractivity contribution in [3.05, 3.63) is 28.2 Å². The number of nitrogens with one attached hydrogen (secondary N) is 1. The van der Waals surface area contributed by atoms with Gasteiger partial charge in [0.05, 0.1) is 6.04 Å². The summed E-state index contributed by atoms with van der Waals surface area (Å²) in [6.45, 7) is 2.42. The lowest BCUT2D eigenvalue weighted by molar-refractivity contribution is -0.119. The van der Waals surface area contributed by atoms with Crippen LogP contribution in [0.1, 0.15) is 31.4 Å². The highest BCUT2D eigenvalue weighted by Gasteiger charge is 2.21. The van der Waals surface area contributed by atoms with Gasteiger partial charge in [-0.2, -0.15) is 0 Å². The topological polar surface area (TPSA) is 64.3 Å². The van der Waals surface area contributed by atoms with Gasteiger partial charge in [0, 0.05) is 22.5 Å². The molecule has 1 saturated heterocycles. The van der Waals surface area contributed by atoms with E-state index in [1.165, 1.54) is 0 Å². The standard InChI is InChI=1S/C13H17BrN2O2/c1-8(15)11-6-9(14)2-4-12(11)18-7-10-3-5-13(17)16-10/h2,4,6,8,10H,3,5,7,15H2,1H3,(H,16,17)/t8-,10?/m0/s1. The number of ether oxygens (including phenoxy) is 1. The minimum Gasteiger partial charge on any atom is -0.491 e. The number of rotatable bonds is 4. The Labute approximate surface area is 115 Å². The fourth-order valence-corrected chi connectivity index (χ4v) is 2.38. The predicted octanol–water partition coefficient (Wildman–Crippen LogP) is 2.13. The number of benzene rings is 1. The minimum atomic E-state index is -0.0873. The van der Waals surface area contributed by atoms with Gasteiger partial charge < -0.3 is 15.8 Å². The third kappa shape index (κ3) is 3.23. The van der Waals surface area contributed by atoms with Crippen LogP contribution in [0.15, 0.2) is 22.7 Å². The Balaban J connectivity index is 2.02. The lowest BCUT2D eigenvalue weighted by Crippen LogP contribution is -2.31. The molecule has 2 atom stereocenters. The maximum atomic E-state index is 11.1. The molecule has 0 saturated carbocycles. The maximum absolute atomic E-state index is 11.1. The fourth-order valence-electron chi connectivity index (χ4n) is 2.00. The van der Waals surface area contributed by atoms with E-state index in [9.17, 15) is 4.79 Å². The van der Waals surface area contributed by atoms with Crippen LogP contribution in [0.2, 0.25) is 0 Å². The zero-order chi connectivity index (χ0) is 13.1. The minimum absolute atomic E-state index is 0.0873. The van der Waals surface area contributed by atoms with E-state index in [0.29, 0.717) is 13.0 Å². The zero-order valence-corrected chi connectivity index (χ0v) is 11.9. The Morgan fingerprint density at radius 3 is 3.00 bits per heavy atom. The molecule has 0 aliphatic carbocycles. The molecule has 1 aromatic rings. The molecule has 0 bridgehead atoms. The van der Waals surface area contributed by atoms with Gasteiger partial charge in [-0.05, 0) is 31.5 Å². The molecule has 18 heavy (non-hydrogen) atoms. The summed E-state index contributed by atoms with van der Waals surface area (Å²) in [7, 11) is 0. The van der Waals surface area contributed by atoms with Crippen LogP contribution in [0.4, 0.5) is 0 Å². The van der Waals surface area contributed by atoms with Crippen LogP contribution in [0, 0.1) is 0 Å². The molecule has 3 N–H and O–H groups in total. The first-order valence-electron chi connectivity index (χ1n) is 6.03. The highest BCUT2D eigenvalue weighted by atomic mass is 79.9. The molecule has 1 fully saturated rings. The highest BCUT2D eigenvalue weighted by molar-refractivity contribution is 9.10. The summed E-state index contributed by atoms with van der Waals surface area (Å²) in [4.78, 5) is 11.1. The molecule has 4 nitrogen and oxygen atoms in total. The van der Waals surface area contributed by atoms with Gasteiger partial charge in [0.1, 0.15) is 12.4 Å². The van der Waals surface area contributed by atoms with E-state index in [1.54, 1.807) is 0 Å². The van der Waals surface area contributed by atoms with Crippen molar-refractivity contribution >= 4 is 21.8 Å². The van der Waals surface area contributed by atoms with Crippen molar-refractivity contribution in [3.8, 4) is 5.75 Å². The van der Waals surface area contributed by atoms with E-state index in [1.807, 2.05) is 25.1 Å². The summed E-state index contributed by atoms with van der Waals surface area (Å²) < 4.78 is 6.75. The lowest BCUT2D eigenvalue weighted by Gasteiger charge is -2.17. The van der Waals surface area contributed by atoms with Gasteiger partial charge in [-0.15, -0.1) is 0 Å². The van der Waals surface area contributed by atoms with Crippen molar-refractivity contribution in [2.45, 2.75) is 31.8 Å². The van der Waals surface area contributed by atoms with Crippen LogP contribution in [0.3, 0.4) is 0 Å². The van der Waals surface area contributed by atoms with Crippen molar-refractivity contribution in [1.29, 1.82) is 0 Å². The van der Waals surface area contributed by atoms with E-state index in [-0.39, 0.29) is 18.0 Å². The summed E-state index contributed by atoms with van der Waals surface area (Å²) in [5.74, 6) is 0.890. The van der Waals surface area contributed by atoms with Crippen LogP contribution in [0.25, 0.3) is 0 Å². The number of halogens is 1. The molecule has 1 heterocycles. The first-order chi connectivity index (χ1) is 8.56. The first-order valence-corrected chi connectivity index (χ1v) is 6.83. The lowest BCUT2D eigenvalue weighted by atomic mass is 10.1. The molecule has 98 valence electrons. The Bertz CT molecular complexity index is 449. The third-order valence-corrected chi connectivity index (χ3v) is 3.48. The molecule has 1 amide bonds. The monoisotopic (exact) mass is 312 g/mol. The Hall–Kier alpha value is -1.07. The van der Waals surface area contributed by atoms with Crippen LogP contribution in [-0.2, 0) is 4.79 Å². The second-order valence-corrected chi connectivity index (χ2v) is 5.50. The van der Waals surface area contributed by atoms with Crippen LogP contribution >= 0.6 is 15.9 Å². The summed E-state index contributed by atoms with van der Waals surface area (Å²) in [6.07, 6.45) is 1.43. The van der Waals surface area contributed by atoms with Crippen LogP contribution < -0.4 is 15.8 Å². The van der Waals surface area contributed by atoms with Gasteiger partial charge >= 0.3 is 0 Å². The highest BCUT2D eigenvalue weighted by Crippen LogP contribution is 2.27. The van der Waals surface area contributed by atoms with Gasteiger partial charge in [-0.3, -0.25) is 4.79 Å². The predicted molar refractivity (Wildman–Crippen MR) is 73.4 cm³/mol. The van der Waals surface area contributed by atoms with Crippen LogP contribution in [0.5, 0.6) is 5.75 Å². The smallest absolute Gasteiger partial charge is 0.220 e. The number of amides is 1. The van der Waals surface area contributed by atoms with E-state index in [0.717, 1.165) is 22.2 Å². The van der Waals surface area contributed by atoms with Gasteiger partial charge in [-0.1, -0.05) is 15.9 Å². The number of hydrogen-bond donors (Lipinski definition) is 2. The summed E-state index contributed by atoms with van der Waals surface area (Å²) >= 11 is 3.42. The second kappa shape index (κ2) is 5.71. The Kier molecular flexibility index (Phi) is 4.24. The van der Waals surface area contributed by atoms with E-state index >= 15 is 0 Å². The molecule has 5 heteroatoms. The van der Waals surface area contributed by atoms with Crippen molar-refractivity contribution < 1.29 is 9.53 Å². The van der Waals surface area contributed by atoms with E-state index in [2.05, 4.69) is 21.2 Å². The van der Waals surface area contributed by atoms with Gasteiger partial charge in [0.25, 0.3) is 0 Å². The van der Waals surface area contributed by atoms with Gasteiger partial charge in [0.2, 0.25) is 5.91 Å². The molecule has 1 aliphatic heterocycles. The molecular formula is C13H17BrN2O2. The molecule has 1 aliphatic rings. The number of hydrogen-bond acceptors (Lipinski definition) is 3. The quantitative estimate of drug-likeness (QED) is 0.895. The number of nitrogens with two attached hydrogens (primary N) is 1. The Morgan fingerprint density at radius 1 is 1.61 bits per heavy atom. The fraction of sp³-hybridized carbons (Fsp3) is 0.462. The molecule has 0 radical (unpaired) electrons. The maximum Gasteiger partial charge on any atom is 0.220 e. The van der Waals surface area contributed by atoms with Crippen LogP contribution in [-0.4, -0.2) is 18.6 Å². The van der Waals surface area contributed by atoms with Gasteiger partial charge in [-0.25, -0.2) is 0 Å². The van der Waals surface area contributed by atoms with E-state index in [4.69, 9.17) is 10.5 Å². The van der Waals surface area contributed by atoms with Gasteiger partial charge in [0.15, 0.2) is 0 Å². The van der Waals surface area contributed by atoms with Crippen molar-refractivity contribution in [3.63, 3.8) is 0 Å². The largest absolute Gasteiger partial charge is 0.491 e. The van der Waals surface area contributed by atoms with Crippen molar-refractivity contribution in [1.82, 2.24) is 5.32 Å². The average molecular weight is 313 g/mol. The number of carbonyl (C=O) groups excluding carboxylic acids is 1. The first kappa shape index (κ1) is 13.4. The normalized spacial score (nSPS) is 20.6. The summed E-state index contributed by atoms with van der Waals surface area (Å²) in [5.41, 5.74) is 6.89. The molecule has 1 aromatic carbocycles. The van der Waals surface area contributed by atoms with Crippen molar-refractivity contribution in [2.75, 3.05) is 6.61 Å². The molecular weight excluding hydrogens is 296 g/mol. The summed E-state index contributed by atoms with van der Waals surface area (Å²) in [6, 6.07) is 5.82. The average Bonchev–Trinajstić information content (AvgIpc) is 2.73. The van der Waals surface area contributed by atoms with E-state index < -0.39 is 0 Å². The molecule has 1 unspecified atom stereocenters. The molecule has 0 aromatic heterocycles. The zero-order valence-electron chi connectivity index (χ0n) is 10.3. The summed E-state index contributed by atoms with van der Waals surface area (Å²) in [5, 5.41) is 2.88.